The minimum atomic E-state index is -1.25. The van der Waals surface area contributed by atoms with Crippen molar-refractivity contribution in [3.05, 3.63) is 65.6 Å². The number of carboxylic acid groups (broad SMARTS) is 1. The minimum Gasteiger partial charge on any atom is -0.487 e. The van der Waals surface area contributed by atoms with Gasteiger partial charge in [0.15, 0.2) is 23.3 Å². The lowest BCUT2D eigenvalue weighted by Crippen LogP contribution is -2.46. The molecule has 2 aromatic heterocycles. The molecular formula is C36H43FN4O5. The van der Waals surface area contributed by atoms with Crippen LogP contribution in [0.1, 0.15) is 77.7 Å². The molecule has 6 bridgehead atoms. The van der Waals surface area contributed by atoms with E-state index in [4.69, 9.17) is 24.3 Å². The molecule has 5 heterocycles. The van der Waals surface area contributed by atoms with Crippen molar-refractivity contribution in [1.29, 1.82) is 0 Å². The molecule has 1 N–H and O–H groups in total. The first kappa shape index (κ1) is 31.9. The van der Waals surface area contributed by atoms with Gasteiger partial charge in [-0.3, -0.25) is 0 Å². The van der Waals surface area contributed by atoms with Crippen molar-refractivity contribution in [2.75, 3.05) is 24.6 Å². The van der Waals surface area contributed by atoms with Gasteiger partial charge in [-0.05, 0) is 84.9 Å². The second kappa shape index (κ2) is 12.3. The van der Waals surface area contributed by atoms with Gasteiger partial charge in [-0.15, -0.1) is 0 Å². The van der Waals surface area contributed by atoms with Crippen molar-refractivity contribution in [1.82, 2.24) is 14.6 Å². The smallest absolute Gasteiger partial charge is 0.337 e. The molecule has 0 aliphatic carbocycles. The Morgan fingerprint density at radius 2 is 1.85 bits per heavy atom. The first-order valence-electron chi connectivity index (χ1n) is 16.1. The summed E-state index contributed by atoms with van der Waals surface area (Å²) >= 11 is 0. The van der Waals surface area contributed by atoms with Crippen LogP contribution in [0, 0.1) is 12.7 Å². The highest BCUT2D eigenvalue weighted by Crippen LogP contribution is 2.40. The fourth-order valence-electron chi connectivity index (χ4n) is 6.44. The molecule has 3 aliphatic rings. The number of aliphatic carboxylic acids is 1. The lowest BCUT2D eigenvalue weighted by molar-refractivity contribution is -0.160. The van der Waals surface area contributed by atoms with Crippen LogP contribution in [0.25, 0.3) is 28.0 Å². The molecule has 0 radical (unpaired) electrons. The van der Waals surface area contributed by atoms with Gasteiger partial charge in [0.05, 0.1) is 28.6 Å². The molecule has 1 fully saturated rings. The summed E-state index contributed by atoms with van der Waals surface area (Å²) in [4.78, 5) is 19.8. The second-order valence-corrected chi connectivity index (χ2v) is 13.7. The molecule has 10 heteroatoms. The number of anilines is 1. The number of piperidine rings is 1. The fourth-order valence-corrected chi connectivity index (χ4v) is 6.44. The molecule has 2 unspecified atom stereocenters. The Hall–Kier alpha value is -4.02. The molecule has 0 amide bonds. The summed E-state index contributed by atoms with van der Waals surface area (Å²) < 4.78 is 35.8. The summed E-state index contributed by atoms with van der Waals surface area (Å²) in [6, 6.07) is 14.6. The number of nitrogens with zero attached hydrogens (tertiary/aromatic N) is 4. The van der Waals surface area contributed by atoms with Gasteiger partial charge in [-0.1, -0.05) is 30.3 Å². The topological polar surface area (TPSA) is 98.4 Å². The van der Waals surface area contributed by atoms with E-state index in [1.165, 1.54) is 6.07 Å². The Bertz CT molecular complexity index is 1760. The van der Waals surface area contributed by atoms with Crippen LogP contribution < -0.4 is 9.64 Å². The van der Waals surface area contributed by atoms with Crippen LogP contribution in [0.5, 0.6) is 5.75 Å². The molecule has 4 aromatic rings. The van der Waals surface area contributed by atoms with Gasteiger partial charge in [0.2, 0.25) is 0 Å². The Balaban J connectivity index is 1.55. The van der Waals surface area contributed by atoms with Gasteiger partial charge < -0.3 is 24.2 Å². The number of hydrogen-bond donors (Lipinski definition) is 1. The zero-order valence-electron chi connectivity index (χ0n) is 27.5. The number of fused-ring (bicyclic) bond motifs is 7. The van der Waals surface area contributed by atoms with Gasteiger partial charge in [-0.2, -0.15) is 9.61 Å². The van der Waals surface area contributed by atoms with Crippen molar-refractivity contribution in [3.8, 4) is 28.1 Å². The molecule has 9 nitrogen and oxygen atoms in total. The predicted molar refractivity (Wildman–Crippen MR) is 175 cm³/mol. The zero-order chi connectivity index (χ0) is 32.8. The number of rotatable bonds is 3. The van der Waals surface area contributed by atoms with Gasteiger partial charge in [0, 0.05) is 42.6 Å². The number of carboxylic acids is 1. The van der Waals surface area contributed by atoms with Crippen molar-refractivity contribution >= 4 is 17.4 Å². The zero-order valence-corrected chi connectivity index (χ0v) is 27.5. The Labute approximate surface area is 269 Å². The van der Waals surface area contributed by atoms with E-state index in [1.807, 2.05) is 71.0 Å². The number of benzene rings is 2. The quantitative estimate of drug-likeness (QED) is 0.250. The number of aryl methyl sites for hydroxylation is 1. The highest BCUT2D eigenvalue weighted by atomic mass is 19.1. The molecular weight excluding hydrogens is 587 g/mol. The minimum absolute atomic E-state index is 0.208. The van der Waals surface area contributed by atoms with Crippen LogP contribution in [0.15, 0.2) is 48.5 Å². The monoisotopic (exact) mass is 630 g/mol. The highest BCUT2D eigenvalue weighted by molar-refractivity contribution is 5.80. The normalized spacial score (nSPS) is 21.3. The van der Waals surface area contributed by atoms with Gasteiger partial charge >= 0.3 is 5.97 Å². The first-order valence-corrected chi connectivity index (χ1v) is 16.1. The Morgan fingerprint density at radius 1 is 1.13 bits per heavy atom. The van der Waals surface area contributed by atoms with Crippen molar-refractivity contribution in [3.63, 3.8) is 0 Å². The molecule has 0 saturated carbocycles. The summed E-state index contributed by atoms with van der Waals surface area (Å²) in [6.07, 6.45) is 1.52. The fraction of sp³-hybridized carbons (Fsp3) is 0.472. The summed E-state index contributed by atoms with van der Waals surface area (Å²) in [5.41, 5.74) is 3.52. The summed E-state index contributed by atoms with van der Waals surface area (Å²) in [5.74, 6) is -0.609. The number of aromatic nitrogens is 3. The number of ether oxygens (including phenoxy) is 3. The van der Waals surface area contributed by atoms with E-state index in [9.17, 15) is 9.90 Å². The van der Waals surface area contributed by atoms with E-state index in [-0.39, 0.29) is 17.5 Å². The van der Waals surface area contributed by atoms with Crippen LogP contribution in [0.4, 0.5) is 10.2 Å². The molecule has 244 valence electrons. The molecule has 0 spiro atoms. The molecule has 1 saturated heterocycles. The van der Waals surface area contributed by atoms with E-state index < -0.39 is 23.5 Å². The lowest BCUT2D eigenvalue weighted by Gasteiger charge is -2.41. The number of carbonyl (C=O) groups is 1. The van der Waals surface area contributed by atoms with Crippen LogP contribution in [0.3, 0.4) is 0 Å². The van der Waals surface area contributed by atoms with E-state index in [0.29, 0.717) is 60.1 Å². The number of halogens is 1. The van der Waals surface area contributed by atoms with Gasteiger partial charge in [0.25, 0.3) is 0 Å². The van der Waals surface area contributed by atoms with Crippen molar-refractivity contribution in [2.45, 2.75) is 90.6 Å². The maximum Gasteiger partial charge on any atom is 0.337 e. The number of para-hydroxylation sites is 1. The number of hydrogen-bond acceptors (Lipinski definition) is 7. The van der Waals surface area contributed by atoms with E-state index in [1.54, 1.807) is 10.6 Å². The van der Waals surface area contributed by atoms with Gasteiger partial charge in [0.1, 0.15) is 5.82 Å². The summed E-state index contributed by atoms with van der Waals surface area (Å²) in [6.45, 7) is 13.3. The summed E-state index contributed by atoms with van der Waals surface area (Å²) in [5, 5.41) is 15.5. The summed E-state index contributed by atoms with van der Waals surface area (Å²) in [7, 11) is 0. The average Bonchev–Trinajstić information content (AvgIpc) is 3.42. The largest absolute Gasteiger partial charge is 0.487 e. The maximum atomic E-state index is 15.2. The molecule has 2 atom stereocenters. The van der Waals surface area contributed by atoms with E-state index >= 15 is 4.39 Å². The molecule has 7 rings (SSSR count). The van der Waals surface area contributed by atoms with E-state index in [2.05, 4.69) is 11.8 Å². The third-order valence-corrected chi connectivity index (χ3v) is 8.84. The Kier molecular flexibility index (Phi) is 8.54. The molecule has 2 aromatic carbocycles. The van der Waals surface area contributed by atoms with Crippen LogP contribution in [-0.2, 0) is 14.3 Å². The average molecular weight is 631 g/mol. The predicted octanol–water partition coefficient (Wildman–Crippen LogP) is 7.39. The van der Waals surface area contributed by atoms with Crippen molar-refractivity contribution in [2.24, 2.45) is 0 Å². The standard InChI is InChI=1S/C36H43FN4O5/c1-22-10-9-19-44-36(6)15-17-40(18-16-36)33-30(32(34(42)43)46-35(3,4)5)23(2)38-29-21-28(39-41(29)33)25-12-7-11-24(20-25)26-13-8-14-27(37)31(26)45-22/h7-8,11-14,20-22,32H,9-10,15-19H2,1-6H3,(H,42,43). The lowest BCUT2D eigenvalue weighted by atomic mass is 9.92. The third kappa shape index (κ3) is 6.46. The molecule has 46 heavy (non-hydrogen) atoms. The van der Waals surface area contributed by atoms with Crippen LogP contribution in [-0.4, -0.2) is 62.7 Å². The maximum absolute atomic E-state index is 15.2. The van der Waals surface area contributed by atoms with Crippen LogP contribution >= 0.6 is 0 Å². The second-order valence-electron chi connectivity index (χ2n) is 13.7. The van der Waals surface area contributed by atoms with Crippen LogP contribution in [0.2, 0.25) is 0 Å². The van der Waals surface area contributed by atoms with Crippen molar-refractivity contribution < 1.29 is 28.5 Å². The first-order chi connectivity index (χ1) is 21.8. The highest BCUT2D eigenvalue weighted by Gasteiger charge is 2.38. The Morgan fingerprint density at radius 3 is 2.57 bits per heavy atom. The molecule has 3 aliphatic heterocycles. The van der Waals surface area contributed by atoms with Gasteiger partial charge in [-0.25, -0.2) is 14.2 Å². The third-order valence-electron chi connectivity index (χ3n) is 8.84. The SMILES string of the molecule is Cc1nc2cc3nn2c(c1C(OC(C)(C)C)C(=O)O)N1CCC(C)(CC1)OCCCC(C)Oc1c(F)cccc1-c1cccc-3c1. The van der Waals surface area contributed by atoms with E-state index in [0.717, 1.165) is 30.4 Å².